The summed E-state index contributed by atoms with van der Waals surface area (Å²) in [5.41, 5.74) is 3.87. The fraction of sp³-hybridized carbons (Fsp3) is 0.609. The number of anilines is 1. The molecule has 3 aliphatic rings. The molecule has 162 valence electrons. The quantitative estimate of drug-likeness (QED) is 0.808. The van der Waals surface area contributed by atoms with Gasteiger partial charge in [-0.3, -0.25) is 4.99 Å². The summed E-state index contributed by atoms with van der Waals surface area (Å²) in [6.07, 6.45) is 4.12. The number of likely N-dealkylation sites (tertiary alicyclic amines) is 1. The highest BCUT2D eigenvalue weighted by molar-refractivity contribution is 6.14. The SMILES string of the molecule is CN1CCC(Nc2ccc3c(c2)c(C2=NCCOC2)c(O)n3C2CCOCC2)CC1. The molecule has 0 atom stereocenters. The van der Waals surface area contributed by atoms with Crippen LogP contribution in [0.2, 0.25) is 0 Å². The molecule has 5 rings (SSSR count). The molecule has 1 aromatic heterocycles. The zero-order valence-corrected chi connectivity index (χ0v) is 17.8. The Bertz CT molecular complexity index is 924. The number of nitrogens with zero attached hydrogens (tertiary/aromatic N) is 3. The van der Waals surface area contributed by atoms with Crippen molar-refractivity contribution >= 4 is 22.3 Å². The summed E-state index contributed by atoms with van der Waals surface area (Å²) in [4.78, 5) is 7.07. The van der Waals surface area contributed by atoms with E-state index in [1.165, 1.54) is 0 Å². The van der Waals surface area contributed by atoms with Gasteiger partial charge >= 0.3 is 0 Å². The Balaban J connectivity index is 1.54. The van der Waals surface area contributed by atoms with Crippen LogP contribution in [0.4, 0.5) is 5.69 Å². The number of rotatable bonds is 4. The lowest BCUT2D eigenvalue weighted by atomic mass is 10.0. The van der Waals surface area contributed by atoms with Crippen LogP contribution in [0, 0.1) is 0 Å². The highest BCUT2D eigenvalue weighted by atomic mass is 16.5. The average molecular weight is 413 g/mol. The van der Waals surface area contributed by atoms with Gasteiger partial charge in [-0.15, -0.1) is 0 Å². The summed E-state index contributed by atoms with van der Waals surface area (Å²) in [5.74, 6) is 0.317. The number of ether oxygens (including phenoxy) is 2. The summed E-state index contributed by atoms with van der Waals surface area (Å²) >= 11 is 0. The molecule has 0 bridgehead atoms. The monoisotopic (exact) mass is 412 g/mol. The molecule has 0 unspecified atom stereocenters. The molecular formula is C23H32N4O3. The summed E-state index contributed by atoms with van der Waals surface area (Å²) in [7, 11) is 2.18. The van der Waals surface area contributed by atoms with Gasteiger partial charge < -0.3 is 29.4 Å². The maximum Gasteiger partial charge on any atom is 0.201 e. The van der Waals surface area contributed by atoms with Crippen LogP contribution in [0.15, 0.2) is 23.2 Å². The predicted octanol–water partition coefficient (Wildman–Crippen LogP) is 3.02. The van der Waals surface area contributed by atoms with Crippen LogP contribution in [0.25, 0.3) is 10.9 Å². The van der Waals surface area contributed by atoms with E-state index in [4.69, 9.17) is 14.5 Å². The number of piperidine rings is 1. The second kappa shape index (κ2) is 8.57. The van der Waals surface area contributed by atoms with Gasteiger partial charge in [0, 0.05) is 36.4 Å². The molecule has 30 heavy (non-hydrogen) atoms. The zero-order valence-electron chi connectivity index (χ0n) is 17.8. The van der Waals surface area contributed by atoms with E-state index in [1.807, 2.05) is 0 Å². The van der Waals surface area contributed by atoms with Crippen molar-refractivity contribution in [3.63, 3.8) is 0 Å². The third-order valence-electron chi connectivity index (χ3n) is 6.69. The topological polar surface area (TPSA) is 71.2 Å². The van der Waals surface area contributed by atoms with E-state index in [0.29, 0.717) is 31.7 Å². The van der Waals surface area contributed by atoms with Crippen molar-refractivity contribution in [3.8, 4) is 5.88 Å². The number of benzene rings is 1. The molecule has 2 N–H and O–H groups in total. The van der Waals surface area contributed by atoms with Crippen molar-refractivity contribution in [1.29, 1.82) is 0 Å². The Morgan fingerprint density at radius 1 is 1.07 bits per heavy atom. The van der Waals surface area contributed by atoms with Crippen molar-refractivity contribution < 1.29 is 14.6 Å². The van der Waals surface area contributed by atoms with E-state index in [1.54, 1.807) is 0 Å². The van der Waals surface area contributed by atoms with E-state index in [0.717, 1.165) is 79.9 Å². The smallest absolute Gasteiger partial charge is 0.201 e. The van der Waals surface area contributed by atoms with Crippen molar-refractivity contribution in [2.75, 3.05) is 58.4 Å². The van der Waals surface area contributed by atoms with Crippen molar-refractivity contribution in [1.82, 2.24) is 9.47 Å². The Labute approximate surface area is 177 Å². The minimum atomic E-state index is 0.243. The van der Waals surface area contributed by atoms with Gasteiger partial charge in [0.25, 0.3) is 0 Å². The normalized spacial score (nSPS) is 22.4. The van der Waals surface area contributed by atoms with Crippen molar-refractivity contribution in [2.24, 2.45) is 4.99 Å². The van der Waals surface area contributed by atoms with Crippen LogP contribution in [-0.4, -0.2) is 79.4 Å². The first-order valence-electron chi connectivity index (χ1n) is 11.2. The maximum atomic E-state index is 11.3. The second-order valence-electron chi connectivity index (χ2n) is 8.75. The van der Waals surface area contributed by atoms with Gasteiger partial charge in [-0.25, -0.2) is 0 Å². The Hall–Kier alpha value is -2.09. The molecule has 2 fully saturated rings. The molecule has 3 aliphatic heterocycles. The highest BCUT2D eigenvalue weighted by Gasteiger charge is 2.28. The number of hydrogen-bond donors (Lipinski definition) is 2. The van der Waals surface area contributed by atoms with Crippen molar-refractivity contribution in [3.05, 3.63) is 23.8 Å². The largest absolute Gasteiger partial charge is 0.494 e. The fourth-order valence-electron chi connectivity index (χ4n) is 4.99. The number of fused-ring (bicyclic) bond motifs is 1. The third kappa shape index (κ3) is 3.82. The number of aliphatic imine (C=N–C) groups is 1. The van der Waals surface area contributed by atoms with E-state index in [-0.39, 0.29) is 6.04 Å². The van der Waals surface area contributed by atoms with Gasteiger partial charge in [-0.1, -0.05) is 0 Å². The second-order valence-corrected chi connectivity index (χ2v) is 8.75. The first kappa shape index (κ1) is 19.8. The van der Waals surface area contributed by atoms with E-state index in [9.17, 15) is 5.11 Å². The summed E-state index contributed by atoms with van der Waals surface area (Å²) in [6, 6.07) is 7.22. The molecule has 0 amide bonds. The lowest BCUT2D eigenvalue weighted by Crippen LogP contribution is -2.36. The zero-order chi connectivity index (χ0) is 20.5. The molecule has 7 nitrogen and oxygen atoms in total. The van der Waals surface area contributed by atoms with Gasteiger partial charge in [0.2, 0.25) is 5.88 Å². The lowest BCUT2D eigenvalue weighted by molar-refractivity contribution is 0.0688. The summed E-state index contributed by atoms with van der Waals surface area (Å²) < 4.78 is 13.3. The predicted molar refractivity (Wildman–Crippen MR) is 119 cm³/mol. The fourth-order valence-corrected chi connectivity index (χ4v) is 4.99. The number of nitrogens with one attached hydrogen (secondary N) is 1. The van der Waals surface area contributed by atoms with Crippen LogP contribution in [-0.2, 0) is 9.47 Å². The first-order chi connectivity index (χ1) is 14.7. The molecule has 0 saturated carbocycles. The standard InChI is InChI=1S/C23H32N4O3/c1-26-9-4-16(5-10-26)25-17-2-3-21-19(14-17)22(20-15-30-13-8-24-20)23(28)27(21)18-6-11-29-12-7-18/h2-3,14,16,18,25,28H,4-13,15H2,1H3. The van der Waals surface area contributed by atoms with Crippen LogP contribution in [0.5, 0.6) is 5.88 Å². The van der Waals surface area contributed by atoms with Gasteiger partial charge in [0.15, 0.2) is 0 Å². The molecule has 4 heterocycles. The van der Waals surface area contributed by atoms with Crippen molar-refractivity contribution in [2.45, 2.75) is 37.8 Å². The average Bonchev–Trinajstić information content (AvgIpc) is 3.07. The minimum absolute atomic E-state index is 0.243. The number of aromatic nitrogens is 1. The third-order valence-corrected chi connectivity index (χ3v) is 6.69. The van der Waals surface area contributed by atoms with Gasteiger partial charge in [0.05, 0.1) is 36.6 Å². The van der Waals surface area contributed by atoms with E-state index in [2.05, 4.69) is 40.0 Å². The van der Waals surface area contributed by atoms with Gasteiger partial charge in [-0.05, 0) is 64.0 Å². The maximum absolute atomic E-state index is 11.3. The molecule has 0 spiro atoms. The molecule has 7 heteroatoms. The Kier molecular flexibility index (Phi) is 5.67. The van der Waals surface area contributed by atoms with Gasteiger partial charge in [-0.2, -0.15) is 0 Å². The lowest BCUT2D eigenvalue weighted by Gasteiger charge is -2.30. The number of aromatic hydroxyl groups is 1. The molecule has 0 aliphatic carbocycles. The Morgan fingerprint density at radius 2 is 1.87 bits per heavy atom. The molecule has 2 saturated heterocycles. The minimum Gasteiger partial charge on any atom is -0.494 e. The first-order valence-corrected chi connectivity index (χ1v) is 11.2. The van der Waals surface area contributed by atoms with Crippen LogP contribution >= 0.6 is 0 Å². The van der Waals surface area contributed by atoms with Crippen LogP contribution < -0.4 is 5.32 Å². The van der Waals surface area contributed by atoms with Crippen LogP contribution in [0.1, 0.15) is 37.3 Å². The van der Waals surface area contributed by atoms with E-state index >= 15 is 0 Å². The number of hydrogen-bond acceptors (Lipinski definition) is 6. The molecular weight excluding hydrogens is 380 g/mol. The Morgan fingerprint density at radius 3 is 2.60 bits per heavy atom. The molecule has 0 radical (unpaired) electrons. The van der Waals surface area contributed by atoms with Crippen LogP contribution in [0.3, 0.4) is 0 Å². The molecule has 1 aromatic carbocycles. The van der Waals surface area contributed by atoms with Gasteiger partial charge in [0.1, 0.15) is 0 Å². The van der Waals surface area contributed by atoms with E-state index < -0.39 is 0 Å². The summed E-state index contributed by atoms with van der Waals surface area (Å²) in [6.45, 7) is 5.46. The highest BCUT2D eigenvalue weighted by Crippen LogP contribution is 2.39. The molecule has 2 aromatic rings. The summed E-state index contributed by atoms with van der Waals surface area (Å²) in [5, 5.41) is 16.1.